The van der Waals surface area contributed by atoms with Crippen molar-refractivity contribution in [1.82, 2.24) is 4.90 Å². The predicted octanol–water partition coefficient (Wildman–Crippen LogP) is 4.55. The van der Waals surface area contributed by atoms with E-state index in [1.54, 1.807) is 23.4 Å². The molecular formula is C16H17ClN2O2S. The lowest BCUT2D eigenvalue weighted by Gasteiger charge is -2.05. The molecule has 0 radical (unpaired) electrons. The topological polar surface area (TPSA) is 52.9 Å². The number of rotatable bonds is 5. The number of hydrogen-bond acceptors (Lipinski definition) is 3. The van der Waals surface area contributed by atoms with Gasteiger partial charge in [0.05, 0.1) is 12.0 Å². The average Bonchev–Trinajstić information content (AvgIpc) is 2.84. The lowest BCUT2D eigenvalue weighted by Crippen LogP contribution is -2.07. The summed E-state index contributed by atoms with van der Waals surface area (Å²) in [6, 6.07) is 7.41. The molecule has 1 heterocycles. The van der Waals surface area contributed by atoms with Crippen LogP contribution >= 0.6 is 22.9 Å². The number of aromatic carboxylic acids is 1. The fourth-order valence-corrected chi connectivity index (χ4v) is 3.38. The van der Waals surface area contributed by atoms with Crippen LogP contribution in [0.3, 0.4) is 0 Å². The van der Waals surface area contributed by atoms with Gasteiger partial charge in [-0.05, 0) is 29.7 Å². The highest BCUT2D eigenvalue weighted by Crippen LogP contribution is 2.42. The Kier molecular flexibility index (Phi) is 5.21. The molecule has 1 aromatic heterocycles. The third kappa shape index (κ3) is 3.48. The van der Waals surface area contributed by atoms with Gasteiger partial charge < -0.3 is 10.0 Å². The second-order valence-electron chi connectivity index (χ2n) is 4.96. The molecule has 1 N–H and O–H groups in total. The van der Waals surface area contributed by atoms with E-state index >= 15 is 0 Å². The van der Waals surface area contributed by atoms with E-state index in [1.807, 2.05) is 33.2 Å². The third-order valence-electron chi connectivity index (χ3n) is 3.05. The smallest absolute Gasteiger partial charge is 0.348 e. The van der Waals surface area contributed by atoms with E-state index in [2.05, 4.69) is 4.99 Å². The van der Waals surface area contributed by atoms with E-state index < -0.39 is 5.97 Å². The van der Waals surface area contributed by atoms with Crippen molar-refractivity contribution in [1.29, 1.82) is 0 Å². The molecule has 0 aliphatic rings. The molecule has 0 saturated carbocycles. The molecule has 0 spiro atoms. The Hall–Kier alpha value is -1.85. The van der Waals surface area contributed by atoms with Gasteiger partial charge in [-0.15, -0.1) is 11.3 Å². The Morgan fingerprint density at radius 3 is 2.50 bits per heavy atom. The van der Waals surface area contributed by atoms with Crippen molar-refractivity contribution in [2.45, 2.75) is 13.3 Å². The van der Waals surface area contributed by atoms with Crippen molar-refractivity contribution in [2.75, 3.05) is 14.1 Å². The number of thiophene rings is 1. The standard InChI is InChI=1S/C16H17ClN2O2S/c1-4-12-13(18-9-19(2)3)15(16(20)21)22-14(12)10-5-7-11(17)8-6-10/h5-9H,4H2,1-3H3,(H,20,21). The summed E-state index contributed by atoms with van der Waals surface area (Å²) in [6.45, 7) is 2.00. The molecule has 0 unspecified atom stereocenters. The van der Waals surface area contributed by atoms with Gasteiger partial charge in [0, 0.05) is 24.0 Å². The SMILES string of the molecule is CCc1c(-c2ccc(Cl)cc2)sc(C(=O)O)c1N=CN(C)C. The molecule has 0 aliphatic heterocycles. The van der Waals surface area contributed by atoms with Gasteiger partial charge in [-0.25, -0.2) is 9.79 Å². The highest BCUT2D eigenvalue weighted by Gasteiger charge is 2.22. The Morgan fingerprint density at radius 1 is 1.36 bits per heavy atom. The Balaban J connectivity index is 2.62. The molecule has 2 rings (SSSR count). The number of carboxylic acid groups (broad SMARTS) is 1. The fourth-order valence-electron chi connectivity index (χ4n) is 2.07. The summed E-state index contributed by atoms with van der Waals surface area (Å²) in [4.78, 5) is 18.9. The summed E-state index contributed by atoms with van der Waals surface area (Å²) in [5, 5.41) is 10.1. The van der Waals surface area contributed by atoms with Crippen molar-refractivity contribution >= 4 is 40.9 Å². The molecular weight excluding hydrogens is 320 g/mol. The molecule has 0 atom stereocenters. The van der Waals surface area contributed by atoms with Crippen LogP contribution < -0.4 is 0 Å². The zero-order chi connectivity index (χ0) is 16.3. The first-order chi connectivity index (χ1) is 10.4. The molecule has 116 valence electrons. The number of hydrogen-bond donors (Lipinski definition) is 1. The maximum Gasteiger partial charge on any atom is 0.348 e. The summed E-state index contributed by atoms with van der Waals surface area (Å²) in [5.41, 5.74) is 2.45. The van der Waals surface area contributed by atoms with E-state index in [0.29, 0.717) is 17.1 Å². The van der Waals surface area contributed by atoms with Gasteiger partial charge in [0.25, 0.3) is 0 Å². The van der Waals surface area contributed by atoms with Gasteiger partial charge in [-0.3, -0.25) is 0 Å². The number of halogens is 1. The molecule has 0 bridgehead atoms. The second-order valence-corrected chi connectivity index (χ2v) is 6.42. The zero-order valence-corrected chi connectivity index (χ0v) is 14.2. The summed E-state index contributed by atoms with van der Waals surface area (Å²) >= 11 is 7.18. The van der Waals surface area contributed by atoms with Crippen LogP contribution in [0, 0.1) is 0 Å². The lowest BCUT2D eigenvalue weighted by molar-refractivity contribution is 0.0703. The minimum atomic E-state index is -0.953. The van der Waals surface area contributed by atoms with E-state index in [0.717, 1.165) is 16.0 Å². The van der Waals surface area contributed by atoms with Gasteiger partial charge in [0.2, 0.25) is 0 Å². The van der Waals surface area contributed by atoms with Crippen LogP contribution in [0.15, 0.2) is 29.3 Å². The largest absolute Gasteiger partial charge is 0.477 e. The molecule has 4 nitrogen and oxygen atoms in total. The predicted molar refractivity (Wildman–Crippen MR) is 92.9 cm³/mol. The lowest BCUT2D eigenvalue weighted by atomic mass is 10.1. The summed E-state index contributed by atoms with van der Waals surface area (Å²) in [7, 11) is 3.70. The van der Waals surface area contributed by atoms with E-state index in [1.165, 1.54) is 11.3 Å². The van der Waals surface area contributed by atoms with Gasteiger partial charge in [0.15, 0.2) is 0 Å². The normalized spacial score (nSPS) is 11.1. The molecule has 2 aromatic rings. The number of carboxylic acids is 1. The van der Waals surface area contributed by atoms with Crippen LogP contribution in [0.4, 0.5) is 5.69 Å². The summed E-state index contributed by atoms with van der Waals surface area (Å²) < 4.78 is 0. The first-order valence-corrected chi connectivity index (χ1v) is 7.99. The third-order valence-corrected chi connectivity index (χ3v) is 4.56. The van der Waals surface area contributed by atoms with Crippen LogP contribution in [0.1, 0.15) is 22.2 Å². The van der Waals surface area contributed by atoms with E-state index in [9.17, 15) is 9.90 Å². The van der Waals surface area contributed by atoms with Crippen molar-refractivity contribution in [3.8, 4) is 10.4 Å². The fraction of sp³-hybridized carbons (Fsp3) is 0.250. The number of nitrogens with zero attached hydrogens (tertiary/aromatic N) is 2. The Bertz CT molecular complexity index is 706. The monoisotopic (exact) mass is 336 g/mol. The van der Waals surface area contributed by atoms with Crippen molar-refractivity contribution in [3.63, 3.8) is 0 Å². The Labute approximate surface area is 138 Å². The number of carbonyl (C=O) groups is 1. The molecule has 22 heavy (non-hydrogen) atoms. The quantitative estimate of drug-likeness (QED) is 0.643. The van der Waals surface area contributed by atoms with Gasteiger partial charge in [0.1, 0.15) is 4.88 Å². The maximum absolute atomic E-state index is 11.5. The highest BCUT2D eigenvalue weighted by atomic mass is 35.5. The van der Waals surface area contributed by atoms with Crippen LogP contribution in [0.25, 0.3) is 10.4 Å². The number of aliphatic imine (C=N–C) groups is 1. The average molecular weight is 337 g/mol. The van der Waals surface area contributed by atoms with Crippen molar-refractivity contribution in [2.24, 2.45) is 4.99 Å². The highest BCUT2D eigenvalue weighted by molar-refractivity contribution is 7.18. The first kappa shape index (κ1) is 16.5. The van der Waals surface area contributed by atoms with Gasteiger partial charge in [-0.1, -0.05) is 30.7 Å². The van der Waals surface area contributed by atoms with E-state index in [-0.39, 0.29) is 4.88 Å². The summed E-state index contributed by atoms with van der Waals surface area (Å²) in [5.74, 6) is -0.953. The van der Waals surface area contributed by atoms with Crippen LogP contribution in [-0.4, -0.2) is 36.4 Å². The van der Waals surface area contributed by atoms with Crippen molar-refractivity contribution < 1.29 is 9.90 Å². The second kappa shape index (κ2) is 6.94. The molecule has 1 aromatic carbocycles. The summed E-state index contributed by atoms with van der Waals surface area (Å²) in [6.07, 6.45) is 2.33. The molecule has 0 amide bonds. The van der Waals surface area contributed by atoms with Crippen LogP contribution in [0.5, 0.6) is 0 Å². The molecule has 0 aliphatic carbocycles. The maximum atomic E-state index is 11.5. The molecule has 0 saturated heterocycles. The first-order valence-electron chi connectivity index (χ1n) is 6.79. The van der Waals surface area contributed by atoms with E-state index in [4.69, 9.17) is 11.6 Å². The van der Waals surface area contributed by atoms with Gasteiger partial charge in [-0.2, -0.15) is 0 Å². The van der Waals surface area contributed by atoms with Crippen molar-refractivity contribution in [3.05, 3.63) is 39.7 Å². The minimum Gasteiger partial charge on any atom is -0.477 e. The molecule has 0 fully saturated rings. The minimum absolute atomic E-state index is 0.264. The number of benzene rings is 1. The zero-order valence-electron chi connectivity index (χ0n) is 12.6. The van der Waals surface area contributed by atoms with Gasteiger partial charge >= 0.3 is 5.97 Å². The van der Waals surface area contributed by atoms with Crippen LogP contribution in [-0.2, 0) is 6.42 Å². The van der Waals surface area contributed by atoms with Crippen LogP contribution in [0.2, 0.25) is 5.02 Å². The Morgan fingerprint density at radius 2 is 2.00 bits per heavy atom. The molecule has 6 heteroatoms.